The first kappa shape index (κ1) is 14.2. The molecule has 4 nitrogen and oxygen atoms in total. The van der Waals surface area contributed by atoms with E-state index in [1.165, 1.54) is 6.07 Å². The fourth-order valence-electron chi connectivity index (χ4n) is 1.78. The van der Waals surface area contributed by atoms with Gasteiger partial charge in [-0.25, -0.2) is 4.79 Å². The fraction of sp³-hybridized carbons (Fsp3) is 0.133. The Labute approximate surface area is 122 Å². The lowest BCUT2D eigenvalue weighted by Crippen LogP contribution is -2.06. The van der Waals surface area contributed by atoms with Gasteiger partial charge in [0.05, 0.1) is 18.4 Å². The molecule has 0 aromatic heterocycles. The molecular weight excluding hydrogens is 278 g/mol. The van der Waals surface area contributed by atoms with Gasteiger partial charge in [-0.15, -0.1) is 0 Å². The molecule has 0 aliphatic rings. The van der Waals surface area contributed by atoms with Gasteiger partial charge in [0.15, 0.2) is 0 Å². The lowest BCUT2D eigenvalue weighted by molar-refractivity contribution is 0.0698. The monoisotopic (exact) mass is 291 g/mol. The van der Waals surface area contributed by atoms with E-state index in [-0.39, 0.29) is 5.56 Å². The van der Waals surface area contributed by atoms with E-state index in [0.29, 0.717) is 23.0 Å². The van der Waals surface area contributed by atoms with Crippen LogP contribution in [-0.2, 0) is 6.54 Å². The predicted molar refractivity (Wildman–Crippen MR) is 78.7 cm³/mol. The smallest absolute Gasteiger partial charge is 0.337 e. The van der Waals surface area contributed by atoms with Gasteiger partial charge in [0.1, 0.15) is 5.75 Å². The van der Waals surface area contributed by atoms with Crippen molar-refractivity contribution in [2.75, 3.05) is 12.4 Å². The normalized spacial score (nSPS) is 10.1. The number of benzene rings is 2. The first-order chi connectivity index (χ1) is 9.60. The zero-order valence-corrected chi connectivity index (χ0v) is 11.6. The van der Waals surface area contributed by atoms with Gasteiger partial charge in [0.2, 0.25) is 0 Å². The van der Waals surface area contributed by atoms with Crippen LogP contribution in [0.1, 0.15) is 15.9 Å². The van der Waals surface area contributed by atoms with Crippen LogP contribution in [0.4, 0.5) is 5.69 Å². The number of ether oxygens (including phenoxy) is 1. The van der Waals surface area contributed by atoms with E-state index in [1.807, 2.05) is 12.1 Å². The summed E-state index contributed by atoms with van der Waals surface area (Å²) in [6.07, 6.45) is 0. The Balaban J connectivity index is 2.18. The van der Waals surface area contributed by atoms with E-state index in [9.17, 15) is 4.79 Å². The van der Waals surface area contributed by atoms with Crippen molar-refractivity contribution in [1.82, 2.24) is 0 Å². The molecule has 0 radical (unpaired) electrons. The molecule has 104 valence electrons. The molecule has 0 aliphatic heterocycles. The summed E-state index contributed by atoms with van der Waals surface area (Å²) < 4.78 is 5.11. The highest BCUT2D eigenvalue weighted by atomic mass is 35.5. The van der Waals surface area contributed by atoms with Crippen molar-refractivity contribution in [3.8, 4) is 5.75 Å². The van der Waals surface area contributed by atoms with Gasteiger partial charge in [-0.2, -0.15) is 0 Å². The summed E-state index contributed by atoms with van der Waals surface area (Å²) in [4.78, 5) is 11.2. The molecule has 2 N–H and O–H groups in total. The molecule has 5 heteroatoms. The van der Waals surface area contributed by atoms with Crippen molar-refractivity contribution >= 4 is 23.3 Å². The van der Waals surface area contributed by atoms with Gasteiger partial charge in [-0.3, -0.25) is 0 Å². The average Bonchev–Trinajstić information content (AvgIpc) is 2.46. The van der Waals surface area contributed by atoms with Crippen LogP contribution in [0.3, 0.4) is 0 Å². The zero-order chi connectivity index (χ0) is 14.5. The van der Waals surface area contributed by atoms with E-state index in [0.717, 1.165) is 5.56 Å². The number of hydrogen-bond donors (Lipinski definition) is 2. The molecule has 0 saturated carbocycles. The van der Waals surface area contributed by atoms with Crippen molar-refractivity contribution in [2.45, 2.75) is 6.54 Å². The SMILES string of the molecule is COc1ccc(C(=O)O)c(NCc2ccc(Cl)cc2)c1. The number of anilines is 1. The maximum Gasteiger partial charge on any atom is 0.337 e. The first-order valence-electron chi connectivity index (χ1n) is 6.00. The second-order valence-electron chi connectivity index (χ2n) is 4.20. The molecule has 0 saturated heterocycles. The number of nitrogens with one attached hydrogen (secondary N) is 1. The highest BCUT2D eigenvalue weighted by Crippen LogP contribution is 2.23. The molecule has 0 atom stereocenters. The summed E-state index contributed by atoms with van der Waals surface area (Å²) in [5, 5.41) is 12.9. The summed E-state index contributed by atoms with van der Waals surface area (Å²) in [6.45, 7) is 0.505. The molecule has 0 heterocycles. The Morgan fingerprint density at radius 3 is 2.55 bits per heavy atom. The lowest BCUT2D eigenvalue weighted by atomic mass is 10.1. The molecule has 2 aromatic rings. The Kier molecular flexibility index (Phi) is 4.48. The summed E-state index contributed by atoms with van der Waals surface area (Å²) in [6, 6.07) is 12.2. The van der Waals surface area contributed by atoms with E-state index < -0.39 is 5.97 Å². The molecule has 0 fully saturated rings. The predicted octanol–water partition coefficient (Wildman–Crippen LogP) is 3.66. The highest BCUT2D eigenvalue weighted by Gasteiger charge is 2.10. The number of carbonyl (C=O) groups is 1. The van der Waals surface area contributed by atoms with E-state index >= 15 is 0 Å². The maximum absolute atomic E-state index is 11.2. The van der Waals surface area contributed by atoms with Crippen molar-refractivity contribution in [3.63, 3.8) is 0 Å². The zero-order valence-electron chi connectivity index (χ0n) is 10.9. The number of hydrogen-bond acceptors (Lipinski definition) is 3. The molecule has 20 heavy (non-hydrogen) atoms. The largest absolute Gasteiger partial charge is 0.497 e. The summed E-state index contributed by atoms with van der Waals surface area (Å²) >= 11 is 5.82. The van der Waals surface area contributed by atoms with Crippen LogP contribution in [0, 0.1) is 0 Å². The van der Waals surface area contributed by atoms with Crippen LogP contribution in [0.15, 0.2) is 42.5 Å². The van der Waals surface area contributed by atoms with E-state index in [1.54, 1.807) is 31.4 Å². The minimum Gasteiger partial charge on any atom is -0.497 e. The number of carboxylic acids is 1. The van der Waals surface area contributed by atoms with Gasteiger partial charge >= 0.3 is 5.97 Å². The number of halogens is 1. The van der Waals surface area contributed by atoms with E-state index in [2.05, 4.69) is 5.32 Å². The first-order valence-corrected chi connectivity index (χ1v) is 6.37. The molecule has 0 bridgehead atoms. The Bertz CT molecular complexity index is 611. The fourth-order valence-corrected chi connectivity index (χ4v) is 1.91. The summed E-state index contributed by atoms with van der Waals surface area (Å²) in [5.74, 6) is -0.375. The minimum absolute atomic E-state index is 0.208. The van der Waals surface area contributed by atoms with Gasteiger partial charge < -0.3 is 15.2 Å². The number of carboxylic acid groups (broad SMARTS) is 1. The topological polar surface area (TPSA) is 58.6 Å². The summed E-state index contributed by atoms with van der Waals surface area (Å²) in [7, 11) is 1.54. The van der Waals surface area contributed by atoms with Gasteiger partial charge in [0, 0.05) is 17.6 Å². The van der Waals surface area contributed by atoms with Crippen LogP contribution in [0.5, 0.6) is 5.75 Å². The molecule has 0 spiro atoms. The molecule has 0 unspecified atom stereocenters. The lowest BCUT2D eigenvalue weighted by Gasteiger charge is -2.11. The second kappa shape index (κ2) is 6.30. The maximum atomic E-state index is 11.2. The molecule has 0 aliphatic carbocycles. The van der Waals surface area contributed by atoms with Crippen LogP contribution < -0.4 is 10.1 Å². The van der Waals surface area contributed by atoms with Gasteiger partial charge in [-0.1, -0.05) is 23.7 Å². The number of methoxy groups -OCH3 is 1. The third-order valence-corrected chi connectivity index (χ3v) is 3.11. The third-order valence-electron chi connectivity index (χ3n) is 2.85. The Morgan fingerprint density at radius 1 is 1.25 bits per heavy atom. The van der Waals surface area contributed by atoms with Crippen LogP contribution >= 0.6 is 11.6 Å². The second-order valence-corrected chi connectivity index (χ2v) is 4.63. The molecule has 0 amide bonds. The average molecular weight is 292 g/mol. The van der Waals surface area contributed by atoms with Crippen LogP contribution in [0.25, 0.3) is 0 Å². The molecule has 2 rings (SSSR count). The number of aromatic carboxylic acids is 1. The number of rotatable bonds is 5. The van der Waals surface area contributed by atoms with Gasteiger partial charge in [-0.05, 0) is 29.8 Å². The molecular formula is C15H14ClNO3. The van der Waals surface area contributed by atoms with Crippen LogP contribution in [-0.4, -0.2) is 18.2 Å². The highest BCUT2D eigenvalue weighted by molar-refractivity contribution is 6.30. The van der Waals surface area contributed by atoms with Crippen molar-refractivity contribution < 1.29 is 14.6 Å². The Morgan fingerprint density at radius 2 is 1.95 bits per heavy atom. The quantitative estimate of drug-likeness (QED) is 0.882. The summed E-state index contributed by atoms with van der Waals surface area (Å²) in [5.41, 5.74) is 1.74. The standard InChI is InChI=1S/C15H14ClNO3/c1-20-12-6-7-13(15(18)19)14(8-12)17-9-10-2-4-11(16)5-3-10/h2-8,17H,9H2,1H3,(H,18,19). The van der Waals surface area contributed by atoms with E-state index in [4.69, 9.17) is 21.4 Å². The Hall–Kier alpha value is -2.20. The van der Waals surface area contributed by atoms with Crippen molar-refractivity contribution in [1.29, 1.82) is 0 Å². The minimum atomic E-state index is -0.980. The van der Waals surface area contributed by atoms with Crippen molar-refractivity contribution in [2.24, 2.45) is 0 Å². The van der Waals surface area contributed by atoms with Crippen LogP contribution in [0.2, 0.25) is 5.02 Å². The third kappa shape index (κ3) is 3.42. The molecule has 2 aromatic carbocycles. The van der Waals surface area contributed by atoms with Crippen molar-refractivity contribution in [3.05, 3.63) is 58.6 Å². The van der Waals surface area contributed by atoms with Gasteiger partial charge in [0.25, 0.3) is 0 Å².